The Labute approximate surface area is 133 Å². The van der Waals surface area contributed by atoms with Gasteiger partial charge in [0.2, 0.25) is 5.91 Å². The molecule has 0 aliphatic carbocycles. The molecule has 7 heteroatoms. The first-order chi connectivity index (χ1) is 10.4. The third-order valence-corrected chi connectivity index (χ3v) is 3.26. The molecule has 0 radical (unpaired) electrons. The maximum absolute atomic E-state index is 11.9. The van der Waals surface area contributed by atoms with Crippen LogP contribution in [-0.4, -0.2) is 38.6 Å². The fraction of sp³-hybridized carbons (Fsp3) is 0.400. The van der Waals surface area contributed by atoms with Gasteiger partial charge in [0, 0.05) is 24.9 Å². The molecule has 0 heterocycles. The molecule has 22 heavy (non-hydrogen) atoms. The summed E-state index contributed by atoms with van der Waals surface area (Å²) in [4.78, 5) is 36.3. The van der Waals surface area contributed by atoms with E-state index in [1.54, 1.807) is 12.1 Å². The first-order valence-electron chi connectivity index (χ1n) is 6.63. The number of rotatable bonds is 6. The molecule has 0 aromatic heterocycles. The predicted octanol–water partition coefficient (Wildman–Crippen LogP) is 2.43. The molecular weight excluding hydrogens is 310 g/mol. The third-order valence-electron chi connectivity index (χ3n) is 3.03. The normalized spacial score (nSPS) is 10.0. The average molecular weight is 328 g/mol. The minimum absolute atomic E-state index is 0.182. The second kappa shape index (κ2) is 8.38. The molecule has 0 bridgehead atoms. The van der Waals surface area contributed by atoms with E-state index in [-0.39, 0.29) is 30.4 Å². The summed E-state index contributed by atoms with van der Waals surface area (Å²) >= 11 is 5.89. The molecule has 1 rings (SSSR count). The monoisotopic (exact) mass is 327 g/mol. The molecule has 1 amide bonds. The zero-order valence-corrected chi connectivity index (χ0v) is 13.5. The van der Waals surface area contributed by atoms with Crippen LogP contribution in [0, 0.1) is 0 Å². The van der Waals surface area contributed by atoms with E-state index in [1.807, 2.05) is 0 Å². The zero-order chi connectivity index (χ0) is 16.7. The van der Waals surface area contributed by atoms with Gasteiger partial charge < -0.3 is 14.4 Å². The van der Waals surface area contributed by atoms with Crippen LogP contribution in [0.5, 0.6) is 0 Å². The maximum Gasteiger partial charge on any atom is 0.340 e. The number of carbonyl (C=O) groups is 3. The van der Waals surface area contributed by atoms with E-state index in [0.717, 1.165) is 0 Å². The van der Waals surface area contributed by atoms with Gasteiger partial charge in [-0.15, -0.1) is 0 Å². The summed E-state index contributed by atoms with van der Waals surface area (Å²) in [6, 6.07) is 4.60. The second-order valence-corrected chi connectivity index (χ2v) is 4.94. The van der Waals surface area contributed by atoms with Crippen molar-refractivity contribution < 1.29 is 23.9 Å². The Morgan fingerprint density at radius 3 is 2.41 bits per heavy atom. The van der Waals surface area contributed by atoms with Crippen LogP contribution in [0.4, 0.5) is 5.69 Å². The molecule has 0 aliphatic heterocycles. The standard InChI is InChI=1S/C15H18ClNO5/c1-10(18)17(8-4-5-14(19)21-2)13-7-6-11(16)9-12(13)15(20)22-3/h6-7,9H,4-5,8H2,1-3H3. The van der Waals surface area contributed by atoms with Crippen molar-refractivity contribution in [1.29, 1.82) is 0 Å². The summed E-state index contributed by atoms with van der Waals surface area (Å²) in [6.45, 7) is 1.66. The van der Waals surface area contributed by atoms with Crippen molar-refractivity contribution in [2.45, 2.75) is 19.8 Å². The molecule has 0 saturated heterocycles. The van der Waals surface area contributed by atoms with Crippen molar-refractivity contribution in [2.75, 3.05) is 25.7 Å². The lowest BCUT2D eigenvalue weighted by Gasteiger charge is -2.23. The molecule has 0 N–H and O–H groups in total. The number of hydrogen-bond donors (Lipinski definition) is 0. The highest BCUT2D eigenvalue weighted by Gasteiger charge is 2.20. The fourth-order valence-electron chi connectivity index (χ4n) is 1.95. The fourth-order valence-corrected chi connectivity index (χ4v) is 2.12. The van der Waals surface area contributed by atoms with Crippen LogP contribution >= 0.6 is 11.6 Å². The van der Waals surface area contributed by atoms with E-state index in [2.05, 4.69) is 4.74 Å². The summed E-state index contributed by atoms with van der Waals surface area (Å²) in [6.07, 6.45) is 0.594. The SMILES string of the molecule is COC(=O)CCCN(C(C)=O)c1ccc(Cl)cc1C(=O)OC. The molecular formula is C15H18ClNO5. The quantitative estimate of drug-likeness (QED) is 0.750. The number of carbonyl (C=O) groups excluding carboxylic acids is 3. The summed E-state index contributed by atoms with van der Waals surface area (Å²) in [5, 5.41) is 0.363. The lowest BCUT2D eigenvalue weighted by molar-refractivity contribution is -0.140. The van der Waals surface area contributed by atoms with Crippen molar-refractivity contribution in [2.24, 2.45) is 0 Å². The minimum atomic E-state index is -0.586. The summed E-state index contributed by atoms with van der Waals surface area (Å²) < 4.78 is 9.27. The van der Waals surface area contributed by atoms with Gasteiger partial charge in [0.25, 0.3) is 0 Å². The highest BCUT2D eigenvalue weighted by atomic mass is 35.5. The molecule has 0 unspecified atom stereocenters. The van der Waals surface area contributed by atoms with E-state index in [4.69, 9.17) is 16.3 Å². The number of amides is 1. The van der Waals surface area contributed by atoms with Gasteiger partial charge in [0.1, 0.15) is 0 Å². The number of hydrogen-bond acceptors (Lipinski definition) is 5. The topological polar surface area (TPSA) is 72.9 Å². The summed E-state index contributed by atoms with van der Waals surface area (Å²) in [5.41, 5.74) is 0.594. The number of methoxy groups -OCH3 is 2. The van der Waals surface area contributed by atoms with Gasteiger partial charge in [0.05, 0.1) is 25.5 Å². The van der Waals surface area contributed by atoms with Gasteiger partial charge in [-0.2, -0.15) is 0 Å². The van der Waals surface area contributed by atoms with Crippen LogP contribution < -0.4 is 4.90 Å². The van der Waals surface area contributed by atoms with Crippen molar-refractivity contribution >= 4 is 35.1 Å². The molecule has 6 nitrogen and oxygen atoms in total. The highest BCUT2D eigenvalue weighted by molar-refractivity contribution is 6.31. The van der Waals surface area contributed by atoms with Crippen LogP contribution in [-0.2, 0) is 19.1 Å². The van der Waals surface area contributed by atoms with Gasteiger partial charge in [0.15, 0.2) is 0 Å². The Bertz CT molecular complexity index is 573. The molecule has 1 aromatic carbocycles. The smallest absolute Gasteiger partial charge is 0.340 e. The lowest BCUT2D eigenvalue weighted by atomic mass is 10.1. The van der Waals surface area contributed by atoms with Crippen LogP contribution in [0.2, 0.25) is 5.02 Å². The van der Waals surface area contributed by atoms with Crippen molar-refractivity contribution in [1.82, 2.24) is 0 Å². The van der Waals surface area contributed by atoms with Crippen LogP contribution in [0.25, 0.3) is 0 Å². The molecule has 0 atom stereocenters. The molecule has 1 aromatic rings. The summed E-state index contributed by atoms with van der Waals surface area (Å²) in [5.74, 6) is -1.19. The zero-order valence-electron chi connectivity index (χ0n) is 12.7. The van der Waals surface area contributed by atoms with Crippen molar-refractivity contribution in [3.63, 3.8) is 0 Å². The Hall–Kier alpha value is -2.08. The number of anilines is 1. The average Bonchev–Trinajstić information content (AvgIpc) is 2.50. The predicted molar refractivity (Wildman–Crippen MR) is 82.1 cm³/mol. The minimum Gasteiger partial charge on any atom is -0.469 e. The van der Waals surface area contributed by atoms with E-state index in [1.165, 1.54) is 32.1 Å². The van der Waals surface area contributed by atoms with Crippen LogP contribution in [0.1, 0.15) is 30.1 Å². The lowest BCUT2D eigenvalue weighted by Crippen LogP contribution is -2.31. The van der Waals surface area contributed by atoms with Crippen LogP contribution in [0.3, 0.4) is 0 Å². The van der Waals surface area contributed by atoms with Gasteiger partial charge in [-0.05, 0) is 24.6 Å². The van der Waals surface area contributed by atoms with Gasteiger partial charge >= 0.3 is 11.9 Å². The maximum atomic E-state index is 11.9. The van der Waals surface area contributed by atoms with E-state index in [9.17, 15) is 14.4 Å². The number of benzene rings is 1. The van der Waals surface area contributed by atoms with Gasteiger partial charge in [-0.25, -0.2) is 4.79 Å². The third kappa shape index (κ3) is 4.73. The van der Waals surface area contributed by atoms with E-state index in [0.29, 0.717) is 17.1 Å². The highest BCUT2D eigenvalue weighted by Crippen LogP contribution is 2.26. The van der Waals surface area contributed by atoms with Gasteiger partial charge in [-0.1, -0.05) is 11.6 Å². The summed E-state index contributed by atoms with van der Waals surface area (Å²) in [7, 11) is 2.56. The molecule has 0 spiro atoms. The number of halogens is 1. The first-order valence-corrected chi connectivity index (χ1v) is 7.01. The Balaban J connectivity index is 3.03. The Morgan fingerprint density at radius 2 is 1.86 bits per heavy atom. The second-order valence-electron chi connectivity index (χ2n) is 4.50. The number of nitrogens with zero attached hydrogens (tertiary/aromatic N) is 1. The van der Waals surface area contributed by atoms with E-state index >= 15 is 0 Å². The van der Waals surface area contributed by atoms with Crippen molar-refractivity contribution in [3.8, 4) is 0 Å². The Kier molecular flexibility index (Phi) is 6.85. The molecule has 0 fully saturated rings. The van der Waals surface area contributed by atoms with Crippen molar-refractivity contribution in [3.05, 3.63) is 28.8 Å². The Morgan fingerprint density at radius 1 is 1.18 bits per heavy atom. The van der Waals surface area contributed by atoms with Gasteiger partial charge in [-0.3, -0.25) is 9.59 Å². The first kappa shape index (κ1) is 18.0. The van der Waals surface area contributed by atoms with Crippen LogP contribution in [0.15, 0.2) is 18.2 Å². The molecule has 120 valence electrons. The molecule has 0 aliphatic rings. The molecule has 0 saturated carbocycles. The number of ether oxygens (including phenoxy) is 2. The largest absolute Gasteiger partial charge is 0.469 e. The van der Waals surface area contributed by atoms with E-state index < -0.39 is 5.97 Å². The number of esters is 2.